The van der Waals surface area contributed by atoms with Crippen LogP contribution in [-0.2, 0) is 6.18 Å². The van der Waals surface area contributed by atoms with Crippen LogP contribution in [0.3, 0.4) is 0 Å². The predicted octanol–water partition coefficient (Wildman–Crippen LogP) is 3.62. The zero-order valence-corrected chi connectivity index (χ0v) is 13.0. The normalized spacial score (nSPS) is 13.0. The van der Waals surface area contributed by atoms with Gasteiger partial charge in [0, 0.05) is 6.20 Å². The number of nitrogens with zero attached hydrogens (tertiary/aromatic N) is 1. The summed E-state index contributed by atoms with van der Waals surface area (Å²) in [5.41, 5.74) is -0.972. The number of aliphatic hydroxyl groups excluding tert-OH is 1. The number of benzene rings is 1. The molecule has 1 aromatic carbocycles. The molecule has 24 heavy (non-hydrogen) atoms. The topological polar surface area (TPSA) is 71.8 Å². The van der Waals surface area contributed by atoms with Crippen LogP contribution in [0, 0.1) is 0 Å². The quantitative estimate of drug-likeness (QED) is 0.794. The van der Waals surface area contributed by atoms with Crippen molar-refractivity contribution in [1.29, 1.82) is 0 Å². The van der Waals surface area contributed by atoms with Gasteiger partial charge >= 0.3 is 6.18 Å². The molecule has 0 aliphatic carbocycles. The zero-order valence-electron chi connectivity index (χ0n) is 12.3. The SMILES string of the molecule is CC(Oc1ccc(Oc2ncc(C(F)(F)F)cc2Cl)cc1)C(O)O. The first-order valence-corrected chi connectivity index (χ1v) is 7.08. The first-order valence-electron chi connectivity index (χ1n) is 6.70. The second kappa shape index (κ2) is 7.25. The molecule has 5 nitrogen and oxygen atoms in total. The van der Waals surface area contributed by atoms with Crippen LogP contribution in [0.2, 0.25) is 5.02 Å². The van der Waals surface area contributed by atoms with Crippen LogP contribution in [0.5, 0.6) is 17.4 Å². The Morgan fingerprint density at radius 2 is 1.71 bits per heavy atom. The van der Waals surface area contributed by atoms with Crippen molar-refractivity contribution in [2.24, 2.45) is 0 Å². The highest BCUT2D eigenvalue weighted by Gasteiger charge is 2.31. The number of pyridine rings is 1. The van der Waals surface area contributed by atoms with Gasteiger partial charge in [-0.3, -0.25) is 0 Å². The van der Waals surface area contributed by atoms with E-state index < -0.39 is 24.1 Å². The molecule has 0 amide bonds. The van der Waals surface area contributed by atoms with E-state index in [1.165, 1.54) is 31.2 Å². The second-order valence-corrected chi connectivity index (χ2v) is 5.23. The van der Waals surface area contributed by atoms with Crippen LogP contribution in [0.4, 0.5) is 13.2 Å². The van der Waals surface area contributed by atoms with Crippen molar-refractivity contribution in [3.63, 3.8) is 0 Å². The molecule has 0 spiro atoms. The molecule has 0 saturated heterocycles. The fourth-order valence-corrected chi connectivity index (χ4v) is 1.83. The average molecular weight is 364 g/mol. The van der Waals surface area contributed by atoms with E-state index in [0.29, 0.717) is 11.9 Å². The summed E-state index contributed by atoms with van der Waals surface area (Å²) >= 11 is 5.75. The number of ether oxygens (including phenoxy) is 2. The first-order chi connectivity index (χ1) is 11.2. The number of aliphatic hydroxyl groups is 2. The fraction of sp³-hybridized carbons (Fsp3) is 0.267. The van der Waals surface area contributed by atoms with Gasteiger partial charge in [0.2, 0.25) is 5.88 Å². The number of alkyl halides is 3. The minimum Gasteiger partial charge on any atom is -0.485 e. The van der Waals surface area contributed by atoms with E-state index in [9.17, 15) is 13.2 Å². The van der Waals surface area contributed by atoms with Crippen LogP contribution in [-0.4, -0.2) is 27.6 Å². The van der Waals surface area contributed by atoms with Crippen LogP contribution >= 0.6 is 11.6 Å². The summed E-state index contributed by atoms with van der Waals surface area (Å²) < 4.78 is 48.2. The van der Waals surface area contributed by atoms with Gasteiger partial charge in [0.1, 0.15) is 22.6 Å². The molecule has 1 aromatic heterocycles. The summed E-state index contributed by atoms with van der Waals surface area (Å²) in [6.45, 7) is 1.47. The van der Waals surface area contributed by atoms with E-state index in [4.69, 9.17) is 31.3 Å². The molecule has 2 aromatic rings. The Morgan fingerprint density at radius 3 is 2.21 bits per heavy atom. The molecule has 0 bridgehead atoms. The van der Waals surface area contributed by atoms with Gasteiger partial charge in [-0.25, -0.2) is 4.98 Å². The lowest BCUT2D eigenvalue weighted by atomic mass is 10.3. The third kappa shape index (κ3) is 4.73. The van der Waals surface area contributed by atoms with Crippen LogP contribution < -0.4 is 9.47 Å². The van der Waals surface area contributed by atoms with E-state index in [1.807, 2.05) is 0 Å². The highest BCUT2D eigenvalue weighted by atomic mass is 35.5. The summed E-state index contributed by atoms with van der Waals surface area (Å²) in [5.74, 6) is 0.459. The van der Waals surface area contributed by atoms with Crippen molar-refractivity contribution in [1.82, 2.24) is 4.98 Å². The van der Waals surface area contributed by atoms with E-state index in [-0.39, 0.29) is 16.7 Å². The van der Waals surface area contributed by atoms with Gasteiger partial charge in [-0.15, -0.1) is 0 Å². The first kappa shape index (κ1) is 18.3. The van der Waals surface area contributed by atoms with E-state index in [0.717, 1.165) is 6.07 Å². The number of hydrogen-bond acceptors (Lipinski definition) is 5. The van der Waals surface area contributed by atoms with E-state index >= 15 is 0 Å². The minimum atomic E-state index is -4.54. The van der Waals surface area contributed by atoms with Gasteiger partial charge < -0.3 is 19.7 Å². The second-order valence-electron chi connectivity index (χ2n) is 4.82. The lowest BCUT2D eigenvalue weighted by Gasteiger charge is -2.16. The molecule has 0 radical (unpaired) electrons. The van der Waals surface area contributed by atoms with Crippen molar-refractivity contribution in [3.05, 3.63) is 47.1 Å². The zero-order chi connectivity index (χ0) is 17.9. The summed E-state index contributed by atoms with van der Waals surface area (Å²) in [6.07, 6.45) is -6.37. The van der Waals surface area contributed by atoms with Crippen molar-refractivity contribution >= 4 is 11.6 Å². The minimum absolute atomic E-state index is 0.169. The van der Waals surface area contributed by atoms with Crippen molar-refractivity contribution in [2.45, 2.75) is 25.5 Å². The van der Waals surface area contributed by atoms with Crippen molar-refractivity contribution < 1.29 is 32.9 Å². The van der Waals surface area contributed by atoms with E-state index in [2.05, 4.69) is 4.98 Å². The molecule has 0 fully saturated rings. The molecule has 0 aliphatic rings. The number of aromatic nitrogens is 1. The summed E-state index contributed by atoms with van der Waals surface area (Å²) in [5, 5.41) is 17.6. The highest BCUT2D eigenvalue weighted by Crippen LogP contribution is 2.34. The maximum atomic E-state index is 12.5. The Bertz CT molecular complexity index is 692. The molecule has 1 unspecified atom stereocenters. The Labute approximate surface area is 140 Å². The Morgan fingerprint density at radius 1 is 1.12 bits per heavy atom. The highest BCUT2D eigenvalue weighted by molar-refractivity contribution is 6.31. The Balaban J connectivity index is 2.09. The molecule has 0 aliphatic heterocycles. The maximum Gasteiger partial charge on any atom is 0.417 e. The van der Waals surface area contributed by atoms with Gasteiger partial charge in [0.05, 0.1) is 5.56 Å². The summed E-state index contributed by atoms with van der Waals surface area (Å²) in [4.78, 5) is 3.56. The monoisotopic (exact) mass is 363 g/mol. The molecular weight excluding hydrogens is 351 g/mol. The molecule has 1 heterocycles. The van der Waals surface area contributed by atoms with Crippen LogP contribution in [0.25, 0.3) is 0 Å². The van der Waals surface area contributed by atoms with Gasteiger partial charge in [0.15, 0.2) is 6.29 Å². The third-order valence-corrected chi connectivity index (χ3v) is 3.19. The molecular formula is C15H13ClF3NO4. The van der Waals surface area contributed by atoms with E-state index in [1.54, 1.807) is 0 Å². The lowest BCUT2D eigenvalue weighted by molar-refractivity contribution is -0.137. The standard InChI is InChI=1S/C15H13ClF3NO4/c1-8(14(21)22)23-10-2-4-11(5-3-10)24-13-12(16)6-9(7-20-13)15(17,18)19/h2-8,14,21-22H,1H3. The average Bonchev–Trinajstić information content (AvgIpc) is 2.50. The summed E-state index contributed by atoms with van der Waals surface area (Å²) in [7, 11) is 0. The Hall–Kier alpha value is -2.03. The van der Waals surface area contributed by atoms with Gasteiger partial charge in [0.25, 0.3) is 0 Å². The number of halogens is 4. The van der Waals surface area contributed by atoms with Gasteiger partial charge in [-0.1, -0.05) is 11.6 Å². The predicted molar refractivity (Wildman–Crippen MR) is 79.1 cm³/mol. The van der Waals surface area contributed by atoms with Crippen molar-refractivity contribution in [3.8, 4) is 17.4 Å². The van der Waals surface area contributed by atoms with Crippen LogP contribution in [0.15, 0.2) is 36.5 Å². The molecule has 130 valence electrons. The molecule has 9 heteroatoms. The maximum absolute atomic E-state index is 12.5. The molecule has 0 saturated carbocycles. The lowest BCUT2D eigenvalue weighted by Crippen LogP contribution is -2.27. The van der Waals surface area contributed by atoms with Gasteiger partial charge in [-0.05, 0) is 37.3 Å². The van der Waals surface area contributed by atoms with Crippen molar-refractivity contribution in [2.75, 3.05) is 0 Å². The summed E-state index contributed by atoms with van der Waals surface area (Å²) in [6, 6.07) is 6.66. The number of hydrogen-bond donors (Lipinski definition) is 2. The third-order valence-electron chi connectivity index (χ3n) is 2.91. The number of rotatable bonds is 5. The van der Waals surface area contributed by atoms with Crippen LogP contribution in [0.1, 0.15) is 12.5 Å². The molecule has 1 atom stereocenters. The molecule has 2 N–H and O–H groups in total. The smallest absolute Gasteiger partial charge is 0.417 e. The molecule has 2 rings (SSSR count). The largest absolute Gasteiger partial charge is 0.485 e. The van der Waals surface area contributed by atoms with Gasteiger partial charge in [-0.2, -0.15) is 13.2 Å². The Kier molecular flexibility index (Phi) is 5.53. The fourth-order valence-electron chi connectivity index (χ4n) is 1.63.